The normalized spacial score (nSPS) is 15.3. The molecule has 1 aliphatic heterocycles. The first-order chi connectivity index (χ1) is 12.0. The molecule has 1 aliphatic rings. The highest BCUT2D eigenvalue weighted by atomic mass is 16.4. The number of carbonyl (C=O) groups excluding carboxylic acids is 2. The van der Waals surface area contributed by atoms with Crippen molar-refractivity contribution in [3.05, 3.63) is 23.8 Å². The first kappa shape index (κ1) is 16.9. The maximum absolute atomic E-state index is 12.5. The number of aromatic amines is 1. The average Bonchev–Trinajstić information content (AvgIpc) is 3.08. The molecular formula is C16H19N5O4. The molecular weight excluding hydrogens is 326 g/mol. The molecule has 0 saturated carbocycles. The molecule has 9 nitrogen and oxygen atoms in total. The molecule has 3 rings (SSSR count). The lowest BCUT2D eigenvalue weighted by Gasteiger charge is -2.31. The van der Waals surface area contributed by atoms with Gasteiger partial charge in [0.05, 0.1) is 12.5 Å². The second-order valence-corrected chi connectivity index (χ2v) is 6.18. The predicted octanol–water partition coefficient (Wildman–Crippen LogP) is 0.353. The van der Waals surface area contributed by atoms with Gasteiger partial charge in [0, 0.05) is 25.7 Å². The molecule has 1 saturated heterocycles. The van der Waals surface area contributed by atoms with E-state index in [2.05, 4.69) is 15.4 Å². The van der Waals surface area contributed by atoms with Gasteiger partial charge in [-0.3, -0.25) is 14.4 Å². The summed E-state index contributed by atoms with van der Waals surface area (Å²) < 4.78 is 0. The van der Waals surface area contributed by atoms with Gasteiger partial charge in [0.2, 0.25) is 5.91 Å². The molecule has 1 aromatic carbocycles. The number of carbonyl (C=O) groups is 3. The Morgan fingerprint density at radius 2 is 1.92 bits per heavy atom. The molecule has 2 amide bonds. The number of rotatable bonds is 4. The predicted molar refractivity (Wildman–Crippen MR) is 87.8 cm³/mol. The third kappa shape index (κ3) is 3.59. The summed E-state index contributed by atoms with van der Waals surface area (Å²) in [6.07, 6.45) is 0.892. The van der Waals surface area contributed by atoms with Crippen LogP contribution in [0.25, 0.3) is 11.0 Å². The smallest absolute Gasteiger partial charge is 0.306 e. The molecule has 0 atom stereocenters. The van der Waals surface area contributed by atoms with E-state index < -0.39 is 11.9 Å². The number of H-pyrrole nitrogens is 1. The number of piperidine rings is 1. The van der Waals surface area contributed by atoms with Crippen LogP contribution < -0.4 is 0 Å². The summed E-state index contributed by atoms with van der Waals surface area (Å²) in [7, 11) is 1.57. The number of aliphatic carboxylic acids is 1. The second kappa shape index (κ2) is 6.88. The van der Waals surface area contributed by atoms with E-state index in [1.54, 1.807) is 30.1 Å². The van der Waals surface area contributed by atoms with Gasteiger partial charge >= 0.3 is 5.97 Å². The summed E-state index contributed by atoms with van der Waals surface area (Å²) in [5, 5.41) is 19.4. The fourth-order valence-corrected chi connectivity index (χ4v) is 2.94. The third-order valence-electron chi connectivity index (χ3n) is 4.48. The van der Waals surface area contributed by atoms with Gasteiger partial charge in [-0.25, -0.2) is 0 Å². The van der Waals surface area contributed by atoms with Crippen LogP contribution in [0.15, 0.2) is 18.2 Å². The van der Waals surface area contributed by atoms with Crippen molar-refractivity contribution in [3.8, 4) is 0 Å². The molecule has 1 fully saturated rings. The van der Waals surface area contributed by atoms with Gasteiger partial charge in [-0.2, -0.15) is 15.4 Å². The quantitative estimate of drug-likeness (QED) is 0.825. The van der Waals surface area contributed by atoms with Crippen LogP contribution in [-0.4, -0.2) is 74.8 Å². The Morgan fingerprint density at radius 3 is 2.60 bits per heavy atom. The number of aromatic nitrogens is 3. The van der Waals surface area contributed by atoms with Crippen molar-refractivity contribution < 1.29 is 19.5 Å². The van der Waals surface area contributed by atoms with Crippen LogP contribution >= 0.6 is 0 Å². The fourth-order valence-electron chi connectivity index (χ4n) is 2.94. The number of nitrogens with zero attached hydrogens (tertiary/aromatic N) is 4. The molecule has 0 aliphatic carbocycles. The minimum atomic E-state index is -0.817. The van der Waals surface area contributed by atoms with Crippen LogP contribution in [0.3, 0.4) is 0 Å². The molecule has 2 heterocycles. The van der Waals surface area contributed by atoms with E-state index in [0.29, 0.717) is 42.5 Å². The molecule has 9 heteroatoms. The Bertz CT molecular complexity index is 810. The van der Waals surface area contributed by atoms with E-state index >= 15 is 0 Å². The highest BCUT2D eigenvalue weighted by Gasteiger charge is 2.28. The molecule has 0 radical (unpaired) electrons. The fraction of sp³-hybridized carbons (Fsp3) is 0.438. The van der Waals surface area contributed by atoms with Crippen molar-refractivity contribution in [2.75, 3.05) is 26.7 Å². The van der Waals surface area contributed by atoms with E-state index in [9.17, 15) is 14.4 Å². The summed E-state index contributed by atoms with van der Waals surface area (Å²) in [6, 6.07) is 4.96. The lowest BCUT2D eigenvalue weighted by Crippen LogP contribution is -2.45. The summed E-state index contributed by atoms with van der Waals surface area (Å²) in [4.78, 5) is 38.8. The van der Waals surface area contributed by atoms with Gasteiger partial charge in [-0.05, 0) is 31.0 Å². The van der Waals surface area contributed by atoms with Gasteiger partial charge in [-0.1, -0.05) is 0 Å². The number of nitrogens with one attached hydrogen (secondary N) is 1. The zero-order chi connectivity index (χ0) is 18.0. The number of carboxylic acid groups (broad SMARTS) is 1. The first-order valence-corrected chi connectivity index (χ1v) is 8.02. The highest BCUT2D eigenvalue weighted by molar-refractivity contribution is 5.98. The van der Waals surface area contributed by atoms with Gasteiger partial charge in [0.15, 0.2) is 0 Å². The van der Waals surface area contributed by atoms with Crippen molar-refractivity contribution in [1.29, 1.82) is 0 Å². The molecule has 2 aromatic rings. The Hall–Kier alpha value is -2.97. The largest absolute Gasteiger partial charge is 0.481 e. The highest BCUT2D eigenvalue weighted by Crippen LogP contribution is 2.18. The van der Waals surface area contributed by atoms with Crippen molar-refractivity contribution in [1.82, 2.24) is 25.2 Å². The van der Waals surface area contributed by atoms with Crippen LogP contribution in [0.2, 0.25) is 0 Å². The molecule has 132 valence electrons. The zero-order valence-corrected chi connectivity index (χ0v) is 13.8. The number of fused-ring (bicyclic) bond motifs is 1. The minimum Gasteiger partial charge on any atom is -0.481 e. The van der Waals surface area contributed by atoms with E-state index in [0.717, 1.165) is 0 Å². The lowest BCUT2D eigenvalue weighted by molar-refractivity contribution is -0.145. The van der Waals surface area contributed by atoms with Crippen LogP contribution in [0.5, 0.6) is 0 Å². The Morgan fingerprint density at radius 1 is 1.24 bits per heavy atom. The molecule has 1 aromatic heterocycles. The number of amides is 2. The van der Waals surface area contributed by atoms with Crippen LogP contribution in [0.4, 0.5) is 0 Å². The monoisotopic (exact) mass is 345 g/mol. The lowest BCUT2D eigenvalue weighted by atomic mass is 9.97. The third-order valence-corrected chi connectivity index (χ3v) is 4.48. The number of carboxylic acids is 1. The number of likely N-dealkylation sites (tertiary alicyclic amines) is 1. The van der Waals surface area contributed by atoms with Gasteiger partial charge < -0.3 is 14.9 Å². The molecule has 0 spiro atoms. The van der Waals surface area contributed by atoms with Crippen molar-refractivity contribution in [2.24, 2.45) is 5.92 Å². The zero-order valence-electron chi connectivity index (χ0n) is 13.8. The number of hydrogen-bond acceptors (Lipinski definition) is 5. The summed E-state index contributed by atoms with van der Waals surface area (Å²) >= 11 is 0. The maximum atomic E-state index is 12.5. The Labute approximate surface area is 143 Å². The van der Waals surface area contributed by atoms with Crippen LogP contribution in [-0.2, 0) is 9.59 Å². The minimum absolute atomic E-state index is 0.0482. The SMILES string of the molecule is CN(CC(=O)N1CCC(C(=O)O)CC1)C(=O)c1ccc2n[nH]nc2c1. The van der Waals surface area contributed by atoms with E-state index in [-0.39, 0.29) is 18.4 Å². The second-order valence-electron chi connectivity index (χ2n) is 6.18. The Balaban J connectivity index is 1.59. The van der Waals surface area contributed by atoms with Gasteiger partial charge in [0.1, 0.15) is 11.0 Å². The number of hydrogen-bond donors (Lipinski definition) is 2. The van der Waals surface area contributed by atoms with Crippen molar-refractivity contribution in [3.63, 3.8) is 0 Å². The number of benzene rings is 1. The summed E-state index contributed by atoms with van der Waals surface area (Å²) in [5.74, 6) is -1.67. The summed E-state index contributed by atoms with van der Waals surface area (Å²) in [5.41, 5.74) is 1.68. The molecule has 25 heavy (non-hydrogen) atoms. The van der Waals surface area contributed by atoms with E-state index in [1.807, 2.05) is 0 Å². The standard InChI is InChI=1S/C16H19N5O4/c1-20(9-14(22)21-6-4-10(5-7-21)16(24)25)15(23)11-2-3-12-13(8-11)18-19-17-12/h2-3,8,10H,4-7,9H2,1H3,(H,24,25)(H,17,18,19). The van der Waals surface area contributed by atoms with E-state index in [4.69, 9.17) is 5.11 Å². The average molecular weight is 345 g/mol. The molecule has 2 N–H and O–H groups in total. The van der Waals surface area contributed by atoms with Crippen molar-refractivity contribution in [2.45, 2.75) is 12.8 Å². The molecule has 0 unspecified atom stereocenters. The molecule has 0 bridgehead atoms. The topological polar surface area (TPSA) is 119 Å². The first-order valence-electron chi connectivity index (χ1n) is 8.02. The Kier molecular flexibility index (Phi) is 4.64. The maximum Gasteiger partial charge on any atom is 0.306 e. The van der Waals surface area contributed by atoms with Crippen molar-refractivity contribution >= 4 is 28.8 Å². The number of likely N-dealkylation sites (N-methyl/N-ethyl adjacent to an activating group) is 1. The van der Waals surface area contributed by atoms with E-state index in [1.165, 1.54) is 4.90 Å². The summed E-state index contributed by atoms with van der Waals surface area (Å²) in [6.45, 7) is 0.763. The van der Waals surface area contributed by atoms with Crippen LogP contribution in [0, 0.1) is 5.92 Å². The van der Waals surface area contributed by atoms with Gasteiger partial charge in [-0.15, -0.1) is 0 Å². The van der Waals surface area contributed by atoms with Crippen LogP contribution in [0.1, 0.15) is 23.2 Å². The van der Waals surface area contributed by atoms with Gasteiger partial charge in [0.25, 0.3) is 5.91 Å².